The van der Waals surface area contributed by atoms with Crippen LogP contribution in [0.2, 0.25) is 5.02 Å². The summed E-state index contributed by atoms with van der Waals surface area (Å²) in [6.07, 6.45) is 2.20. The molecule has 4 rings (SSSR count). The van der Waals surface area contributed by atoms with Gasteiger partial charge in [0, 0.05) is 12.1 Å². The Labute approximate surface area is 190 Å². The Morgan fingerprint density at radius 2 is 1.77 bits per heavy atom. The molecule has 0 aliphatic carbocycles. The average Bonchev–Trinajstić information content (AvgIpc) is 3.06. The van der Waals surface area contributed by atoms with Crippen LogP contribution in [-0.2, 0) is 11.2 Å². The third-order valence-corrected chi connectivity index (χ3v) is 6.23. The number of benzene rings is 3. The molecule has 0 unspecified atom stereocenters. The van der Waals surface area contributed by atoms with Crippen LogP contribution in [0.1, 0.15) is 16.7 Å². The van der Waals surface area contributed by atoms with Gasteiger partial charge < -0.3 is 0 Å². The lowest BCUT2D eigenvalue weighted by molar-refractivity contribution is -0.122. The third kappa shape index (κ3) is 5.06. The lowest BCUT2D eigenvalue weighted by Gasteiger charge is -2.15. The highest BCUT2D eigenvalue weighted by Crippen LogP contribution is 2.35. The van der Waals surface area contributed by atoms with Crippen LogP contribution < -0.4 is 0 Å². The topological polar surface area (TPSA) is 32.7 Å². The first-order valence-corrected chi connectivity index (χ1v) is 11.1. The van der Waals surface area contributed by atoms with Gasteiger partial charge in [0.05, 0.1) is 15.6 Å². The summed E-state index contributed by atoms with van der Waals surface area (Å²) >= 11 is 7.40. The second-order valence-electron chi connectivity index (χ2n) is 7.17. The number of hydrogen-bond donors (Lipinski definition) is 0. The highest BCUT2D eigenvalue weighted by Gasteiger charge is 2.33. The predicted molar refractivity (Wildman–Crippen MR) is 127 cm³/mol. The number of amidine groups is 1. The van der Waals surface area contributed by atoms with Gasteiger partial charge in [0.25, 0.3) is 5.91 Å². The number of amides is 1. The minimum absolute atomic E-state index is 0.203. The number of rotatable bonds is 5. The molecule has 1 saturated heterocycles. The molecular formula is C25H20ClFN2OS. The highest BCUT2D eigenvalue weighted by atomic mass is 35.5. The van der Waals surface area contributed by atoms with Gasteiger partial charge in [-0.25, -0.2) is 9.38 Å². The number of nitrogens with zero attached hydrogens (tertiary/aromatic N) is 2. The van der Waals surface area contributed by atoms with Crippen molar-refractivity contribution in [3.8, 4) is 0 Å². The summed E-state index contributed by atoms with van der Waals surface area (Å²) in [6.45, 7) is 2.48. The summed E-state index contributed by atoms with van der Waals surface area (Å²) < 4.78 is 14.3. The maximum Gasteiger partial charge on any atom is 0.266 e. The van der Waals surface area contributed by atoms with Gasteiger partial charge in [0.2, 0.25) is 0 Å². The van der Waals surface area contributed by atoms with Gasteiger partial charge in [-0.15, -0.1) is 0 Å². The Morgan fingerprint density at radius 1 is 1.03 bits per heavy atom. The van der Waals surface area contributed by atoms with Crippen LogP contribution in [0.4, 0.5) is 10.1 Å². The van der Waals surface area contributed by atoms with E-state index in [9.17, 15) is 9.18 Å². The first kappa shape index (κ1) is 21.3. The Bertz CT molecular complexity index is 1140. The number of aryl methyl sites for hydroxylation is 1. The van der Waals surface area contributed by atoms with Crippen LogP contribution in [0, 0.1) is 12.7 Å². The predicted octanol–water partition coefficient (Wildman–Crippen LogP) is 6.63. The van der Waals surface area contributed by atoms with E-state index in [0.717, 1.165) is 16.8 Å². The van der Waals surface area contributed by atoms with E-state index < -0.39 is 5.82 Å². The van der Waals surface area contributed by atoms with Gasteiger partial charge in [-0.3, -0.25) is 9.69 Å². The Kier molecular flexibility index (Phi) is 6.54. The first-order chi connectivity index (χ1) is 15.0. The molecule has 0 bridgehead atoms. The van der Waals surface area contributed by atoms with Crippen molar-refractivity contribution in [3.63, 3.8) is 0 Å². The maximum absolute atomic E-state index is 14.3. The van der Waals surface area contributed by atoms with Crippen molar-refractivity contribution in [1.82, 2.24) is 4.90 Å². The van der Waals surface area contributed by atoms with Crippen molar-refractivity contribution < 1.29 is 9.18 Å². The fourth-order valence-corrected chi connectivity index (χ4v) is 4.41. The molecule has 6 heteroatoms. The highest BCUT2D eigenvalue weighted by molar-refractivity contribution is 8.18. The molecule has 0 saturated carbocycles. The Morgan fingerprint density at radius 3 is 2.48 bits per heavy atom. The number of halogens is 2. The molecule has 0 aromatic heterocycles. The molecule has 3 aromatic carbocycles. The molecule has 3 nitrogen and oxygen atoms in total. The number of carbonyl (C=O) groups excluding carboxylic acids is 1. The SMILES string of the molecule is Cc1ccc(N=C2S/C(=C/c3c(F)cccc3Cl)C(=O)N2CCc2ccccc2)cc1. The Hall–Kier alpha value is -2.89. The molecule has 1 aliphatic rings. The monoisotopic (exact) mass is 450 g/mol. The van der Waals surface area contributed by atoms with Crippen molar-refractivity contribution in [2.45, 2.75) is 13.3 Å². The van der Waals surface area contributed by atoms with Crippen LogP contribution in [0.5, 0.6) is 0 Å². The Balaban J connectivity index is 1.67. The summed E-state index contributed by atoms with van der Waals surface area (Å²) in [7, 11) is 0. The summed E-state index contributed by atoms with van der Waals surface area (Å²) in [5.41, 5.74) is 3.23. The zero-order valence-corrected chi connectivity index (χ0v) is 18.5. The van der Waals surface area contributed by atoms with E-state index >= 15 is 0 Å². The molecule has 0 N–H and O–H groups in total. The van der Waals surface area contributed by atoms with Crippen LogP contribution in [-0.4, -0.2) is 22.5 Å². The third-order valence-electron chi connectivity index (χ3n) is 4.89. The molecule has 0 radical (unpaired) electrons. The van der Waals surface area contributed by atoms with Crippen molar-refractivity contribution in [2.75, 3.05) is 6.54 Å². The normalized spacial score (nSPS) is 16.5. The van der Waals surface area contributed by atoms with Gasteiger partial charge in [0.15, 0.2) is 5.17 Å². The van der Waals surface area contributed by atoms with Crippen LogP contribution in [0.15, 0.2) is 82.7 Å². The van der Waals surface area contributed by atoms with Gasteiger partial charge in [-0.2, -0.15) is 0 Å². The molecular weight excluding hydrogens is 431 g/mol. The fraction of sp³-hybridized carbons (Fsp3) is 0.120. The largest absolute Gasteiger partial charge is 0.286 e. The van der Waals surface area contributed by atoms with Crippen LogP contribution >= 0.6 is 23.4 Å². The molecule has 3 aromatic rings. The molecule has 0 atom stereocenters. The average molecular weight is 451 g/mol. The van der Waals surface area contributed by atoms with E-state index in [-0.39, 0.29) is 16.5 Å². The van der Waals surface area contributed by atoms with Gasteiger partial charge in [-0.05, 0) is 61.0 Å². The molecule has 1 heterocycles. The number of hydrogen-bond acceptors (Lipinski definition) is 3. The van der Waals surface area contributed by atoms with E-state index in [4.69, 9.17) is 16.6 Å². The van der Waals surface area contributed by atoms with Crippen molar-refractivity contribution >= 4 is 46.2 Å². The molecule has 0 spiro atoms. The van der Waals surface area contributed by atoms with E-state index in [2.05, 4.69) is 0 Å². The smallest absolute Gasteiger partial charge is 0.266 e. The van der Waals surface area contributed by atoms with E-state index in [1.807, 2.05) is 61.5 Å². The molecule has 1 aliphatic heterocycles. The van der Waals surface area contributed by atoms with E-state index in [1.54, 1.807) is 17.0 Å². The lowest BCUT2D eigenvalue weighted by Crippen LogP contribution is -2.31. The van der Waals surface area contributed by atoms with Gasteiger partial charge in [0.1, 0.15) is 5.82 Å². The fourth-order valence-electron chi connectivity index (χ4n) is 3.18. The van der Waals surface area contributed by atoms with E-state index in [0.29, 0.717) is 23.0 Å². The molecule has 1 fully saturated rings. The molecule has 31 heavy (non-hydrogen) atoms. The van der Waals surface area contributed by atoms with Crippen LogP contribution in [0.25, 0.3) is 6.08 Å². The second-order valence-corrected chi connectivity index (χ2v) is 8.58. The minimum Gasteiger partial charge on any atom is -0.286 e. The lowest BCUT2D eigenvalue weighted by atomic mass is 10.1. The van der Waals surface area contributed by atoms with Crippen molar-refractivity contribution in [3.05, 3.63) is 105 Å². The first-order valence-electron chi connectivity index (χ1n) is 9.86. The number of thioether (sulfide) groups is 1. The summed E-state index contributed by atoms with van der Waals surface area (Å²) in [6, 6.07) is 22.2. The minimum atomic E-state index is -0.465. The molecule has 156 valence electrons. The number of carbonyl (C=O) groups is 1. The summed E-state index contributed by atoms with van der Waals surface area (Å²) in [5, 5.41) is 0.837. The summed E-state index contributed by atoms with van der Waals surface area (Å²) in [4.78, 5) is 19.9. The van der Waals surface area contributed by atoms with Crippen LogP contribution in [0.3, 0.4) is 0 Å². The number of aliphatic imine (C=N–C) groups is 1. The second kappa shape index (κ2) is 9.50. The zero-order valence-electron chi connectivity index (χ0n) is 16.9. The van der Waals surface area contributed by atoms with Gasteiger partial charge >= 0.3 is 0 Å². The quantitative estimate of drug-likeness (QED) is 0.408. The van der Waals surface area contributed by atoms with Gasteiger partial charge in [-0.1, -0.05) is 65.7 Å². The summed E-state index contributed by atoms with van der Waals surface area (Å²) in [5.74, 6) is -0.667. The van der Waals surface area contributed by atoms with E-state index in [1.165, 1.54) is 23.9 Å². The zero-order chi connectivity index (χ0) is 21.8. The maximum atomic E-state index is 14.3. The van der Waals surface area contributed by atoms with Crippen molar-refractivity contribution in [1.29, 1.82) is 0 Å². The molecule has 1 amide bonds. The van der Waals surface area contributed by atoms with Crippen molar-refractivity contribution in [2.24, 2.45) is 4.99 Å². The standard InChI is InChI=1S/C25H20ClFN2OS/c1-17-10-12-19(13-11-17)28-25-29(15-14-18-6-3-2-4-7-18)24(30)23(31-25)16-20-21(26)8-5-9-22(20)27/h2-13,16H,14-15H2,1H3/b23-16+,28-25?.